The Morgan fingerprint density at radius 3 is 3.04 bits per heavy atom. The van der Waals surface area contributed by atoms with Crippen LogP contribution in [0.5, 0.6) is 0 Å². The number of anilines is 1. The van der Waals surface area contributed by atoms with E-state index in [9.17, 15) is 9.59 Å². The molecular weight excluding hydrogens is 374 g/mol. The Kier molecular flexibility index (Phi) is 5.59. The van der Waals surface area contributed by atoms with Crippen LogP contribution in [-0.2, 0) is 22.6 Å². The third-order valence-electron chi connectivity index (χ3n) is 4.74. The lowest BCUT2D eigenvalue weighted by Crippen LogP contribution is -2.33. The standard InChI is InChI=1S/C20H21N5O2S/c26-17-13-21-12-16-9-15(11-23-20(16)24-17)1-2-19(27)25-6-3-14(4-7-25)10-18-22-5-8-28-18/h1-3,5,8-9,11,21H,4,6-7,10,12-13H2,(H,23,24,26). The summed E-state index contributed by atoms with van der Waals surface area (Å²) >= 11 is 1.66. The molecule has 0 radical (unpaired) electrons. The minimum Gasteiger partial charge on any atom is -0.335 e. The van der Waals surface area contributed by atoms with Crippen LogP contribution < -0.4 is 10.6 Å². The van der Waals surface area contributed by atoms with Crippen LogP contribution in [0.3, 0.4) is 0 Å². The second kappa shape index (κ2) is 8.45. The summed E-state index contributed by atoms with van der Waals surface area (Å²) in [5.41, 5.74) is 3.09. The van der Waals surface area contributed by atoms with Gasteiger partial charge >= 0.3 is 0 Å². The van der Waals surface area contributed by atoms with Gasteiger partial charge in [0.25, 0.3) is 0 Å². The monoisotopic (exact) mass is 395 g/mol. The highest BCUT2D eigenvalue weighted by Crippen LogP contribution is 2.19. The van der Waals surface area contributed by atoms with E-state index in [0.717, 1.165) is 35.5 Å². The summed E-state index contributed by atoms with van der Waals surface area (Å²) < 4.78 is 0. The quantitative estimate of drug-likeness (QED) is 0.611. The molecule has 2 amide bonds. The molecule has 0 unspecified atom stereocenters. The summed E-state index contributed by atoms with van der Waals surface area (Å²) in [4.78, 5) is 34.5. The van der Waals surface area contributed by atoms with E-state index < -0.39 is 0 Å². The summed E-state index contributed by atoms with van der Waals surface area (Å²) in [6.07, 6.45) is 10.7. The molecule has 0 fully saturated rings. The van der Waals surface area contributed by atoms with Gasteiger partial charge in [-0.15, -0.1) is 11.3 Å². The van der Waals surface area contributed by atoms with Crippen LogP contribution in [0.1, 0.15) is 22.6 Å². The summed E-state index contributed by atoms with van der Waals surface area (Å²) in [5, 5.41) is 8.92. The molecule has 7 nitrogen and oxygen atoms in total. The zero-order chi connectivity index (χ0) is 19.3. The van der Waals surface area contributed by atoms with Crippen LogP contribution in [0, 0.1) is 0 Å². The van der Waals surface area contributed by atoms with Crippen molar-refractivity contribution < 1.29 is 9.59 Å². The van der Waals surface area contributed by atoms with Gasteiger partial charge in [-0.3, -0.25) is 9.59 Å². The maximum Gasteiger partial charge on any atom is 0.246 e. The molecule has 0 aromatic carbocycles. The van der Waals surface area contributed by atoms with Crippen LogP contribution in [0.15, 0.2) is 41.6 Å². The summed E-state index contributed by atoms with van der Waals surface area (Å²) in [5.74, 6) is 0.468. The number of carbonyl (C=O) groups is 2. The molecule has 4 rings (SSSR count). The van der Waals surface area contributed by atoms with Crippen LogP contribution in [-0.4, -0.2) is 46.3 Å². The molecule has 28 heavy (non-hydrogen) atoms. The first-order chi connectivity index (χ1) is 13.7. The van der Waals surface area contributed by atoms with Gasteiger partial charge < -0.3 is 15.5 Å². The largest absolute Gasteiger partial charge is 0.335 e. The smallest absolute Gasteiger partial charge is 0.246 e. The first kappa shape index (κ1) is 18.5. The number of rotatable bonds is 4. The fraction of sp³-hybridized carbons (Fsp3) is 0.300. The number of hydrogen-bond donors (Lipinski definition) is 2. The Morgan fingerprint density at radius 1 is 1.32 bits per heavy atom. The number of pyridine rings is 1. The number of fused-ring (bicyclic) bond motifs is 1. The van der Waals surface area contributed by atoms with Gasteiger partial charge in [0.1, 0.15) is 5.82 Å². The number of hydrogen-bond acceptors (Lipinski definition) is 6. The van der Waals surface area contributed by atoms with Crippen molar-refractivity contribution in [3.05, 3.63) is 57.7 Å². The second-order valence-electron chi connectivity index (χ2n) is 6.76. The molecule has 2 aromatic heterocycles. The van der Waals surface area contributed by atoms with E-state index in [1.807, 2.05) is 22.5 Å². The lowest BCUT2D eigenvalue weighted by molar-refractivity contribution is -0.125. The summed E-state index contributed by atoms with van der Waals surface area (Å²) in [6.45, 7) is 2.18. The minimum absolute atomic E-state index is 0.00841. The SMILES string of the molecule is O=C1CNCc2cc(C=CC(=O)N3CC=C(Cc4nccs4)CC3)cnc2N1. The minimum atomic E-state index is -0.0999. The fourth-order valence-corrected chi connectivity index (χ4v) is 3.90. The average Bonchev–Trinajstić information content (AvgIpc) is 3.14. The number of nitrogens with zero attached hydrogens (tertiary/aromatic N) is 3. The normalized spacial score (nSPS) is 17.1. The molecular formula is C20H21N5O2S. The summed E-state index contributed by atoms with van der Waals surface area (Å²) in [6, 6.07) is 1.94. The van der Waals surface area contributed by atoms with E-state index >= 15 is 0 Å². The van der Waals surface area contributed by atoms with Gasteiger partial charge in [0.2, 0.25) is 11.8 Å². The lowest BCUT2D eigenvalue weighted by atomic mass is 10.1. The van der Waals surface area contributed by atoms with Crippen LogP contribution in [0.2, 0.25) is 0 Å². The molecule has 0 bridgehead atoms. The molecule has 4 heterocycles. The van der Waals surface area contributed by atoms with E-state index in [2.05, 4.69) is 26.7 Å². The fourth-order valence-electron chi connectivity index (χ4n) is 3.23. The molecule has 0 saturated heterocycles. The van der Waals surface area contributed by atoms with Gasteiger partial charge in [0.05, 0.1) is 11.6 Å². The Morgan fingerprint density at radius 2 is 2.25 bits per heavy atom. The lowest BCUT2D eigenvalue weighted by Gasteiger charge is -2.25. The van der Waals surface area contributed by atoms with Crippen molar-refractivity contribution in [2.24, 2.45) is 0 Å². The molecule has 0 spiro atoms. The second-order valence-corrected chi connectivity index (χ2v) is 7.74. The summed E-state index contributed by atoms with van der Waals surface area (Å²) in [7, 11) is 0. The maximum atomic E-state index is 12.5. The van der Waals surface area contributed by atoms with Crippen LogP contribution in [0.4, 0.5) is 5.82 Å². The van der Waals surface area contributed by atoms with Crippen molar-refractivity contribution >= 4 is 35.0 Å². The van der Waals surface area contributed by atoms with Gasteiger partial charge in [-0.25, -0.2) is 9.97 Å². The Balaban J connectivity index is 1.36. The molecule has 0 saturated carbocycles. The molecule has 2 aliphatic heterocycles. The molecule has 144 valence electrons. The Bertz CT molecular complexity index is 936. The van der Waals surface area contributed by atoms with E-state index in [1.165, 1.54) is 5.57 Å². The topological polar surface area (TPSA) is 87.2 Å². The van der Waals surface area contributed by atoms with Crippen molar-refractivity contribution in [2.45, 2.75) is 19.4 Å². The molecule has 2 N–H and O–H groups in total. The van der Waals surface area contributed by atoms with Gasteiger partial charge in [0.15, 0.2) is 0 Å². The van der Waals surface area contributed by atoms with Crippen molar-refractivity contribution in [2.75, 3.05) is 25.0 Å². The highest BCUT2D eigenvalue weighted by atomic mass is 32.1. The number of carbonyl (C=O) groups excluding carboxylic acids is 2. The van der Waals surface area contributed by atoms with Crippen molar-refractivity contribution in [3.63, 3.8) is 0 Å². The first-order valence-corrected chi connectivity index (χ1v) is 10.1. The van der Waals surface area contributed by atoms with Gasteiger partial charge in [-0.1, -0.05) is 11.6 Å². The number of nitrogens with one attached hydrogen (secondary N) is 2. The predicted octanol–water partition coefficient (Wildman–Crippen LogP) is 1.99. The number of amides is 2. The highest BCUT2D eigenvalue weighted by molar-refractivity contribution is 7.09. The van der Waals surface area contributed by atoms with Crippen molar-refractivity contribution in [1.82, 2.24) is 20.2 Å². The molecule has 0 aliphatic carbocycles. The molecule has 0 atom stereocenters. The van der Waals surface area contributed by atoms with Gasteiger partial charge in [-0.2, -0.15) is 0 Å². The van der Waals surface area contributed by atoms with Crippen molar-refractivity contribution in [1.29, 1.82) is 0 Å². The highest BCUT2D eigenvalue weighted by Gasteiger charge is 2.16. The van der Waals surface area contributed by atoms with E-state index in [4.69, 9.17) is 0 Å². The van der Waals surface area contributed by atoms with Gasteiger partial charge in [0, 0.05) is 55.5 Å². The predicted molar refractivity (Wildman–Crippen MR) is 109 cm³/mol. The van der Waals surface area contributed by atoms with Crippen LogP contribution in [0.25, 0.3) is 6.08 Å². The van der Waals surface area contributed by atoms with Gasteiger partial charge in [-0.05, 0) is 24.1 Å². The third-order valence-corrected chi connectivity index (χ3v) is 5.52. The third kappa shape index (κ3) is 4.52. The number of thiazole rings is 1. The Labute approximate surface area is 167 Å². The zero-order valence-electron chi connectivity index (χ0n) is 15.4. The van der Waals surface area contributed by atoms with Crippen molar-refractivity contribution in [3.8, 4) is 0 Å². The van der Waals surface area contributed by atoms with E-state index in [-0.39, 0.29) is 18.4 Å². The zero-order valence-corrected chi connectivity index (χ0v) is 16.2. The maximum absolute atomic E-state index is 12.5. The average molecular weight is 395 g/mol. The molecule has 2 aliphatic rings. The Hall–Kier alpha value is -2.84. The van der Waals surface area contributed by atoms with Crippen LogP contribution >= 0.6 is 11.3 Å². The first-order valence-electron chi connectivity index (χ1n) is 9.20. The van der Waals surface area contributed by atoms with E-state index in [1.54, 1.807) is 29.7 Å². The van der Waals surface area contributed by atoms with E-state index in [0.29, 0.717) is 18.9 Å². The number of aromatic nitrogens is 2. The molecule has 2 aromatic rings. The molecule has 8 heteroatoms.